The second kappa shape index (κ2) is 9.58. The molecule has 1 aromatic rings. The highest BCUT2D eigenvalue weighted by Crippen LogP contribution is 2.27. The summed E-state index contributed by atoms with van der Waals surface area (Å²) < 4.78 is 4.88. The van der Waals surface area contributed by atoms with Gasteiger partial charge in [-0.15, -0.1) is 0 Å². The monoisotopic (exact) mass is 370 g/mol. The Bertz CT molecular complexity index is 663. The van der Waals surface area contributed by atoms with Crippen molar-refractivity contribution in [3.05, 3.63) is 35.9 Å². The molecule has 1 atom stereocenters. The summed E-state index contributed by atoms with van der Waals surface area (Å²) in [5, 5.41) is 3.53. The molecular weight excluding hydrogens is 340 g/mol. The van der Waals surface area contributed by atoms with E-state index in [2.05, 4.69) is 5.32 Å². The van der Waals surface area contributed by atoms with E-state index in [1.54, 1.807) is 13.0 Å². The van der Waals surface area contributed by atoms with Crippen LogP contribution < -0.4 is 5.32 Å². The Morgan fingerprint density at radius 3 is 2.59 bits per heavy atom. The van der Waals surface area contributed by atoms with Gasteiger partial charge in [-0.1, -0.05) is 31.4 Å². The van der Waals surface area contributed by atoms with Gasteiger partial charge in [0, 0.05) is 36.8 Å². The van der Waals surface area contributed by atoms with E-state index in [4.69, 9.17) is 4.74 Å². The zero-order valence-corrected chi connectivity index (χ0v) is 16.2. The fraction of sp³-hybridized carbons (Fsp3) is 0.545. The molecule has 1 aliphatic heterocycles. The molecule has 1 heterocycles. The van der Waals surface area contributed by atoms with Crippen molar-refractivity contribution < 1.29 is 14.3 Å². The summed E-state index contributed by atoms with van der Waals surface area (Å²) in [7, 11) is 0. The van der Waals surface area contributed by atoms with Crippen molar-refractivity contribution in [1.29, 1.82) is 0 Å². The zero-order chi connectivity index (χ0) is 19.1. The van der Waals surface area contributed by atoms with E-state index in [1.165, 1.54) is 25.3 Å². The second-order valence-electron chi connectivity index (χ2n) is 7.46. The Morgan fingerprint density at radius 2 is 1.89 bits per heavy atom. The van der Waals surface area contributed by atoms with Crippen molar-refractivity contribution in [3.63, 3.8) is 0 Å². The van der Waals surface area contributed by atoms with Gasteiger partial charge in [-0.3, -0.25) is 4.79 Å². The van der Waals surface area contributed by atoms with Gasteiger partial charge in [0.1, 0.15) is 0 Å². The number of carbonyl (C=O) groups excluding carboxylic acids is 2. The standard InChI is InChI=1S/C22H30N2O3/c1-2-27-21(25)13-10-17-8-11-19(12-9-17)23-20-14-15-24(16-20)22(26)18-6-4-3-5-7-18/h8-13,18,20,23H,2-7,14-16H2,1H3/b13-10+/t20-/m1/s1. The molecule has 27 heavy (non-hydrogen) atoms. The third kappa shape index (κ3) is 5.59. The normalized spacial score (nSPS) is 20.8. The number of amides is 1. The highest BCUT2D eigenvalue weighted by atomic mass is 16.5. The predicted molar refractivity (Wildman–Crippen MR) is 107 cm³/mol. The first-order valence-corrected chi connectivity index (χ1v) is 10.2. The number of ether oxygens (including phenoxy) is 1. The van der Waals surface area contributed by atoms with Crippen molar-refractivity contribution in [2.75, 3.05) is 25.0 Å². The molecule has 5 nitrogen and oxygen atoms in total. The van der Waals surface area contributed by atoms with E-state index in [0.717, 1.165) is 43.6 Å². The van der Waals surface area contributed by atoms with E-state index in [9.17, 15) is 9.59 Å². The molecule has 2 aliphatic rings. The molecule has 2 fully saturated rings. The highest BCUT2D eigenvalue weighted by Gasteiger charge is 2.31. The molecular formula is C22H30N2O3. The number of esters is 1. The molecule has 0 radical (unpaired) electrons. The SMILES string of the molecule is CCOC(=O)/C=C/c1ccc(N[C@@H]2CCN(C(=O)C3CCCCC3)C2)cc1. The lowest BCUT2D eigenvalue weighted by Gasteiger charge is -2.26. The third-order valence-corrected chi connectivity index (χ3v) is 5.43. The maximum Gasteiger partial charge on any atom is 0.330 e. The summed E-state index contributed by atoms with van der Waals surface area (Å²) >= 11 is 0. The highest BCUT2D eigenvalue weighted by molar-refractivity contribution is 5.87. The van der Waals surface area contributed by atoms with E-state index in [-0.39, 0.29) is 11.9 Å². The summed E-state index contributed by atoms with van der Waals surface area (Å²) in [4.78, 5) is 26.1. The maximum absolute atomic E-state index is 12.7. The quantitative estimate of drug-likeness (QED) is 0.610. The first kappa shape index (κ1) is 19.5. The Kier molecular flexibility index (Phi) is 6.91. The summed E-state index contributed by atoms with van der Waals surface area (Å²) in [6.07, 6.45) is 9.98. The number of anilines is 1. The first-order valence-electron chi connectivity index (χ1n) is 10.2. The Hall–Kier alpha value is -2.30. The van der Waals surface area contributed by atoms with Gasteiger partial charge in [0.05, 0.1) is 6.61 Å². The maximum atomic E-state index is 12.7. The van der Waals surface area contributed by atoms with Crippen LogP contribution in [0.25, 0.3) is 6.08 Å². The van der Waals surface area contributed by atoms with Crippen LogP contribution in [0, 0.1) is 5.92 Å². The van der Waals surface area contributed by atoms with Crippen LogP contribution in [0.5, 0.6) is 0 Å². The molecule has 1 aromatic carbocycles. The molecule has 0 spiro atoms. The van der Waals surface area contributed by atoms with Gasteiger partial charge in [-0.05, 0) is 50.0 Å². The molecule has 1 saturated heterocycles. The minimum atomic E-state index is -0.326. The van der Waals surface area contributed by atoms with E-state index in [1.807, 2.05) is 29.2 Å². The zero-order valence-electron chi connectivity index (χ0n) is 16.2. The van der Waals surface area contributed by atoms with Gasteiger partial charge in [-0.25, -0.2) is 4.79 Å². The lowest BCUT2D eigenvalue weighted by Crippen LogP contribution is -2.36. The number of benzene rings is 1. The Balaban J connectivity index is 1.48. The fourth-order valence-corrected chi connectivity index (χ4v) is 3.97. The first-order chi connectivity index (χ1) is 13.2. The lowest BCUT2D eigenvalue weighted by molar-refractivity contribution is -0.137. The van der Waals surface area contributed by atoms with E-state index < -0.39 is 0 Å². The molecule has 1 aliphatic carbocycles. The molecule has 1 N–H and O–H groups in total. The smallest absolute Gasteiger partial charge is 0.330 e. The molecule has 1 amide bonds. The van der Waals surface area contributed by atoms with Gasteiger partial charge in [0.25, 0.3) is 0 Å². The van der Waals surface area contributed by atoms with Crippen molar-refractivity contribution in [3.8, 4) is 0 Å². The minimum absolute atomic E-state index is 0.253. The summed E-state index contributed by atoms with van der Waals surface area (Å²) in [5.74, 6) is 0.287. The van der Waals surface area contributed by atoms with Gasteiger partial charge < -0.3 is 15.0 Å². The predicted octanol–water partition coefficient (Wildman–Crippen LogP) is 3.86. The number of carbonyl (C=O) groups is 2. The average molecular weight is 370 g/mol. The van der Waals surface area contributed by atoms with E-state index in [0.29, 0.717) is 18.6 Å². The molecule has 1 saturated carbocycles. The van der Waals surface area contributed by atoms with Crippen molar-refractivity contribution >= 4 is 23.6 Å². The summed E-state index contributed by atoms with van der Waals surface area (Å²) in [5.41, 5.74) is 1.99. The number of likely N-dealkylation sites (tertiary alicyclic amines) is 1. The van der Waals surface area contributed by atoms with Crippen LogP contribution in [0.3, 0.4) is 0 Å². The summed E-state index contributed by atoms with van der Waals surface area (Å²) in [6, 6.07) is 8.27. The molecule has 5 heteroatoms. The Morgan fingerprint density at radius 1 is 1.15 bits per heavy atom. The van der Waals surface area contributed by atoms with Gasteiger partial charge in [-0.2, -0.15) is 0 Å². The minimum Gasteiger partial charge on any atom is -0.463 e. The van der Waals surface area contributed by atoms with Crippen LogP contribution in [0.4, 0.5) is 5.69 Å². The second-order valence-corrected chi connectivity index (χ2v) is 7.46. The number of rotatable bonds is 6. The molecule has 0 unspecified atom stereocenters. The molecule has 0 bridgehead atoms. The fourth-order valence-electron chi connectivity index (χ4n) is 3.97. The number of hydrogen-bond donors (Lipinski definition) is 1. The van der Waals surface area contributed by atoms with Crippen molar-refractivity contribution in [2.45, 2.75) is 51.5 Å². The number of nitrogens with one attached hydrogen (secondary N) is 1. The van der Waals surface area contributed by atoms with Crippen LogP contribution in [0.15, 0.2) is 30.3 Å². The van der Waals surface area contributed by atoms with Crippen LogP contribution in [0.2, 0.25) is 0 Å². The van der Waals surface area contributed by atoms with Crippen LogP contribution in [0.1, 0.15) is 51.0 Å². The van der Waals surface area contributed by atoms with Crippen LogP contribution in [-0.2, 0) is 14.3 Å². The number of nitrogens with zero attached hydrogens (tertiary/aromatic N) is 1. The Labute approximate surface area is 161 Å². The van der Waals surface area contributed by atoms with Crippen LogP contribution in [-0.4, -0.2) is 42.5 Å². The summed E-state index contributed by atoms with van der Waals surface area (Å²) in [6.45, 7) is 3.82. The van der Waals surface area contributed by atoms with Gasteiger partial charge in [0.15, 0.2) is 0 Å². The molecule has 146 valence electrons. The molecule has 0 aromatic heterocycles. The average Bonchev–Trinajstić information content (AvgIpc) is 3.16. The van der Waals surface area contributed by atoms with Gasteiger partial charge in [0.2, 0.25) is 5.91 Å². The topological polar surface area (TPSA) is 58.6 Å². The van der Waals surface area contributed by atoms with E-state index >= 15 is 0 Å². The van der Waals surface area contributed by atoms with Gasteiger partial charge >= 0.3 is 5.97 Å². The van der Waals surface area contributed by atoms with Crippen molar-refractivity contribution in [2.24, 2.45) is 5.92 Å². The van der Waals surface area contributed by atoms with Crippen LogP contribution >= 0.6 is 0 Å². The third-order valence-electron chi connectivity index (χ3n) is 5.43. The largest absolute Gasteiger partial charge is 0.463 e. The van der Waals surface area contributed by atoms with Crippen molar-refractivity contribution in [1.82, 2.24) is 4.90 Å². The molecule has 3 rings (SSSR count). The lowest BCUT2D eigenvalue weighted by atomic mass is 9.88. The number of hydrogen-bond acceptors (Lipinski definition) is 4.